The van der Waals surface area contributed by atoms with Crippen LogP contribution in [0.1, 0.15) is 59.8 Å². The van der Waals surface area contributed by atoms with Crippen molar-refractivity contribution in [3.05, 3.63) is 48.8 Å². The highest BCUT2D eigenvalue weighted by Crippen LogP contribution is 2.54. The summed E-state index contributed by atoms with van der Waals surface area (Å²) >= 11 is 14.7. The van der Waals surface area contributed by atoms with E-state index >= 15 is 0 Å². The molecule has 212 valence electrons. The van der Waals surface area contributed by atoms with Crippen molar-refractivity contribution in [2.75, 3.05) is 26.5 Å². The maximum absolute atomic E-state index is 13.3. The number of nitrogens with one attached hydrogen (secondary N) is 2. The summed E-state index contributed by atoms with van der Waals surface area (Å²) in [6.07, 6.45) is 6.30. The van der Waals surface area contributed by atoms with Gasteiger partial charge >= 0.3 is 0 Å². The largest absolute Gasteiger partial charge is 0.448 e. The fourth-order valence-electron chi connectivity index (χ4n) is 6.01. The Balaban J connectivity index is 1.31. The number of H-pyrrole nitrogens is 1. The number of carbonyl (C=O) groups excluding carboxylic acids is 1. The molecule has 1 aliphatic carbocycles. The molecule has 3 aliphatic rings. The van der Waals surface area contributed by atoms with Crippen molar-refractivity contribution in [3.63, 3.8) is 0 Å². The van der Waals surface area contributed by atoms with Gasteiger partial charge < -0.3 is 24.5 Å². The number of thioether (sulfide) groups is 1. The lowest BCUT2D eigenvalue weighted by molar-refractivity contribution is -0.130. The first-order chi connectivity index (χ1) is 18.6. The molecule has 0 spiro atoms. The molecule has 5 rings (SSSR count). The third-order valence-corrected chi connectivity index (χ3v) is 10.0. The second-order valence-corrected chi connectivity index (χ2v) is 12.4. The number of hydrogen-bond donors (Lipinski definition) is 2. The van der Waals surface area contributed by atoms with Crippen LogP contribution in [0.25, 0.3) is 0 Å². The van der Waals surface area contributed by atoms with E-state index in [4.69, 9.17) is 37.4 Å². The van der Waals surface area contributed by atoms with E-state index in [0.717, 1.165) is 49.4 Å². The first kappa shape index (κ1) is 28.6. The molecule has 2 aliphatic heterocycles. The van der Waals surface area contributed by atoms with Gasteiger partial charge in [0.15, 0.2) is 11.5 Å². The summed E-state index contributed by atoms with van der Waals surface area (Å²) in [4.78, 5) is 32.0. The Hall–Kier alpha value is -1.91. The average Bonchev–Trinajstić information content (AvgIpc) is 3.25. The molecule has 8 nitrogen and oxygen atoms in total. The predicted octanol–water partition coefficient (Wildman–Crippen LogP) is 5.33. The highest BCUT2D eigenvalue weighted by Gasteiger charge is 2.49. The van der Waals surface area contributed by atoms with Crippen LogP contribution in [0.3, 0.4) is 0 Å². The lowest BCUT2D eigenvalue weighted by Gasteiger charge is -2.47. The molecule has 0 unspecified atom stereocenters. The van der Waals surface area contributed by atoms with Gasteiger partial charge in [-0.1, -0.05) is 23.2 Å². The van der Waals surface area contributed by atoms with Crippen molar-refractivity contribution < 1.29 is 19.0 Å². The number of likely N-dealkylation sites (tertiary alicyclic amines) is 1. The van der Waals surface area contributed by atoms with Crippen molar-refractivity contribution in [2.45, 2.75) is 75.8 Å². The molecule has 1 aromatic heterocycles. The summed E-state index contributed by atoms with van der Waals surface area (Å²) in [5, 5.41) is 3.11. The zero-order chi connectivity index (χ0) is 28.1. The summed E-state index contributed by atoms with van der Waals surface area (Å²) in [6.45, 7) is 7.59. The van der Waals surface area contributed by atoms with Gasteiger partial charge in [-0.05, 0) is 51.9 Å². The van der Waals surface area contributed by atoms with E-state index in [9.17, 15) is 9.59 Å². The maximum Gasteiger partial charge on any atom is 0.254 e. The van der Waals surface area contributed by atoms with Crippen LogP contribution in [-0.4, -0.2) is 60.2 Å². The average molecular weight is 597 g/mol. The minimum Gasteiger partial charge on any atom is -0.448 e. The zero-order valence-corrected chi connectivity index (χ0v) is 25.2. The number of carbonyl (C=O) groups is 1. The number of aryl methyl sites for hydroxylation is 1. The number of methoxy groups -OCH3 is 1. The summed E-state index contributed by atoms with van der Waals surface area (Å²) < 4.78 is 18.2. The highest BCUT2D eigenvalue weighted by molar-refractivity contribution is 7.98. The van der Waals surface area contributed by atoms with Gasteiger partial charge in [-0.15, -0.1) is 11.8 Å². The molecule has 0 bridgehead atoms. The Labute approximate surface area is 243 Å². The molecule has 2 fully saturated rings. The Morgan fingerprint density at radius 1 is 1.18 bits per heavy atom. The summed E-state index contributed by atoms with van der Waals surface area (Å²) in [5.41, 5.74) is 1.79. The number of ether oxygens (including phenoxy) is 3. The molecule has 2 aromatic rings. The van der Waals surface area contributed by atoms with Crippen LogP contribution in [-0.2, 0) is 11.3 Å². The van der Waals surface area contributed by atoms with E-state index in [1.165, 1.54) is 11.8 Å². The molecule has 39 heavy (non-hydrogen) atoms. The van der Waals surface area contributed by atoms with Crippen molar-refractivity contribution in [2.24, 2.45) is 5.92 Å². The Morgan fingerprint density at radius 3 is 2.49 bits per heavy atom. The zero-order valence-electron chi connectivity index (χ0n) is 22.9. The number of fused-ring (bicyclic) bond motifs is 1. The van der Waals surface area contributed by atoms with Crippen LogP contribution in [0.5, 0.6) is 11.5 Å². The van der Waals surface area contributed by atoms with Gasteiger partial charge in [-0.3, -0.25) is 14.5 Å². The van der Waals surface area contributed by atoms with Crippen molar-refractivity contribution >= 4 is 40.9 Å². The number of rotatable bonds is 7. The smallest absolute Gasteiger partial charge is 0.254 e. The molecule has 1 atom stereocenters. The molecule has 0 radical (unpaired) electrons. The monoisotopic (exact) mass is 595 g/mol. The third-order valence-electron chi connectivity index (χ3n) is 8.41. The summed E-state index contributed by atoms with van der Waals surface area (Å²) in [5.74, 6) is -0.332. The van der Waals surface area contributed by atoms with Crippen LogP contribution < -0.4 is 20.3 Å². The van der Waals surface area contributed by atoms with Gasteiger partial charge in [0, 0.05) is 67.3 Å². The fraction of sp³-hybridized carbons (Fsp3) is 0.571. The number of aromatic amines is 1. The van der Waals surface area contributed by atoms with E-state index in [1.54, 1.807) is 14.0 Å². The molecule has 2 N–H and O–H groups in total. The van der Waals surface area contributed by atoms with Gasteiger partial charge in [0.1, 0.15) is 5.02 Å². The highest BCUT2D eigenvalue weighted by atomic mass is 35.5. The van der Waals surface area contributed by atoms with E-state index in [1.807, 2.05) is 26.2 Å². The number of aromatic nitrogens is 1. The van der Waals surface area contributed by atoms with Crippen LogP contribution in [0, 0.1) is 19.8 Å². The van der Waals surface area contributed by atoms with Gasteiger partial charge in [0.2, 0.25) is 0 Å². The second-order valence-electron chi connectivity index (χ2n) is 10.8. The number of nitrogens with zero attached hydrogens (tertiary/aromatic N) is 1. The Morgan fingerprint density at radius 2 is 1.85 bits per heavy atom. The lowest BCUT2D eigenvalue weighted by atomic mass is 9.80. The number of amides is 1. The molecule has 3 heterocycles. The lowest BCUT2D eigenvalue weighted by Crippen LogP contribution is -2.57. The summed E-state index contributed by atoms with van der Waals surface area (Å²) in [6, 6.07) is 2.44. The van der Waals surface area contributed by atoms with E-state index in [-0.39, 0.29) is 33.6 Å². The molecule has 1 amide bonds. The van der Waals surface area contributed by atoms with E-state index in [0.29, 0.717) is 34.8 Å². The topological polar surface area (TPSA) is 92.9 Å². The van der Waals surface area contributed by atoms with E-state index in [2.05, 4.69) is 15.2 Å². The van der Waals surface area contributed by atoms with Crippen molar-refractivity contribution in [3.8, 4) is 11.5 Å². The predicted molar refractivity (Wildman–Crippen MR) is 154 cm³/mol. The van der Waals surface area contributed by atoms with Gasteiger partial charge in [0.05, 0.1) is 16.7 Å². The molecule has 11 heteroatoms. The number of pyridine rings is 1. The normalized spacial score (nSPS) is 25.0. The molecule has 1 saturated heterocycles. The van der Waals surface area contributed by atoms with Crippen molar-refractivity contribution in [1.82, 2.24) is 15.2 Å². The van der Waals surface area contributed by atoms with E-state index < -0.39 is 11.7 Å². The quantitative estimate of drug-likeness (QED) is 0.418. The molecule has 1 aromatic carbocycles. The second kappa shape index (κ2) is 11.2. The molecular weight excluding hydrogens is 561 g/mol. The third kappa shape index (κ3) is 5.28. The Bertz CT molecular complexity index is 1340. The van der Waals surface area contributed by atoms with Crippen LogP contribution in [0.15, 0.2) is 15.8 Å². The van der Waals surface area contributed by atoms with Gasteiger partial charge in [-0.2, -0.15) is 0 Å². The standard InChI is InChI=1S/C28H35Cl2N3O5S/c1-14-10-20(39-5)19(26(34)32-14)11-31-27(35)21-15(2)24-25(23(30)22(21)29)38-28(3,37-24)16-6-8-17(9-7-16)33-12-18(13-33)36-4/h10,16-18H,6-9,11-13H2,1-5H3,(H,31,35)(H,32,34)/t16?,17?,28-/m1/s1. The molecular formula is C28H35Cl2N3O5S. The van der Waals surface area contributed by atoms with Crippen LogP contribution >= 0.6 is 35.0 Å². The van der Waals surface area contributed by atoms with Gasteiger partial charge in [0.25, 0.3) is 17.3 Å². The van der Waals surface area contributed by atoms with Crippen LogP contribution in [0.2, 0.25) is 10.0 Å². The number of halogens is 2. The molecule has 1 saturated carbocycles. The first-order valence-corrected chi connectivity index (χ1v) is 15.3. The minimum atomic E-state index is -0.896. The number of hydrogen-bond acceptors (Lipinski definition) is 7. The first-order valence-electron chi connectivity index (χ1n) is 13.3. The Kier molecular flexibility index (Phi) is 8.19. The van der Waals surface area contributed by atoms with Crippen LogP contribution in [0.4, 0.5) is 0 Å². The van der Waals surface area contributed by atoms with Crippen molar-refractivity contribution in [1.29, 1.82) is 0 Å². The maximum atomic E-state index is 13.3. The fourth-order valence-corrected chi connectivity index (χ4v) is 7.25. The summed E-state index contributed by atoms with van der Waals surface area (Å²) in [7, 11) is 1.77. The number of benzene rings is 1. The SMILES string of the molecule is COC1CN(C2CCC([C@]3(C)Oc4c(C)c(C(=O)NCc5c(SC)cc(C)[nH]c5=O)c(Cl)c(Cl)c4O3)CC2)C1. The van der Waals surface area contributed by atoms with Gasteiger partial charge in [-0.25, -0.2) is 0 Å². The minimum absolute atomic E-state index is 0.0511.